The van der Waals surface area contributed by atoms with E-state index in [1.165, 1.54) is 23.1 Å². The summed E-state index contributed by atoms with van der Waals surface area (Å²) in [5.74, 6) is -0.0254. The first kappa shape index (κ1) is 13.9. The van der Waals surface area contributed by atoms with E-state index in [0.717, 1.165) is 15.6 Å². The average molecular weight is 293 g/mol. The number of nitrogens with zero attached hydrogens (tertiary/aromatic N) is 1. The number of anilines is 2. The SMILES string of the molecule is Cc1nc(N)sc1SC(C)C(=O)Nc1ccccc1. The lowest BCUT2D eigenvalue weighted by Crippen LogP contribution is -2.22. The largest absolute Gasteiger partial charge is 0.375 e. The lowest BCUT2D eigenvalue weighted by molar-refractivity contribution is -0.115. The first-order chi connectivity index (χ1) is 9.06. The van der Waals surface area contributed by atoms with E-state index in [4.69, 9.17) is 5.73 Å². The highest BCUT2D eigenvalue weighted by Crippen LogP contribution is 2.33. The van der Waals surface area contributed by atoms with E-state index >= 15 is 0 Å². The molecule has 0 aliphatic rings. The summed E-state index contributed by atoms with van der Waals surface area (Å²) in [4.78, 5) is 16.2. The van der Waals surface area contributed by atoms with Crippen molar-refractivity contribution in [3.8, 4) is 0 Å². The molecule has 0 bridgehead atoms. The topological polar surface area (TPSA) is 68.0 Å². The number of amides is 1. The molecule has 1 heterocycles. The quantitative estimate of drug-likeness (QED) is 0.850. The Morgan fingerprint density at radius 2 is 2.11 bits per heavy atom. The monoisotopic (exact) mass is 293 g/mol. The number of carbonyl (C=O) groups excluding carboxylic acids is 1. The minimum Gasteiger partial charge on any atom is -0.375 e. The van der Waals surface area contributed by atoms with Crippen molar-refractivity contribution in [1.82, 2.24) is 4.98 Å². The number of thioether (sulfide) groups is 1. The molecule has 0 radical (unpaired) electrons. The van der Waals surface area contributed by atoms with Gasteiger partial charge in [0.2, 0.25) is 5.91 Å². The Bertz CT molecular complexity index is 569. The normalized spacial score (nSPS) is 12.1. The molecule has 0 aliphatic heterocycles. The zero-order valence-electron chi connectivity index (χ0n) is 10.7. The van der Waals surface area contributed by atoms with Crippen LogP contribution < -0.4 is 11.1 Å². The number of aromatic nitrogens is 1. The number of rotatable bonds is 4. The maximum absolute atomic E-state index is 12.1. The van der Waals surface area contributed by atoms with Gasteiger partial charge in [0.05, 0.1) is 15.2 Å². The van der Waals surface area contributed by atoms with Crippen molar-refractivity contribution in [3.05, 3.63) is 36.0 Å². The van der Waals surface area contributed by atoms with Crippen molar-refractivity contribution in [2.24, 2.45) is 0 Å². The number of hydrogen-bond donors (Lipinski definition) is 2. The number of thiazole rings is 1. The number of nitrogens with two attached hydrogens (primary N) is 1. The third-order valence-electron chi connectivity index (χ3n) is 2.46. The van der Waals surface area contributed by atoms with Crippen LogP contribution in [0.4, 0.5) is 10.8 Å². The molecule has 0 fully saturated rings. The molecule has 1 amide bonds. The van der Waals surface area contributed by atoms with Crippen molar-refractivity contribution in [3.63, 3.8) is 0 Å². The Kier molecular flexibility index (Phi) is 4.44. The number of carbonyl (C=O) groups is 1. The van der Waals surface area contributed by atoms with Crippen molar-refractivity contribution >= 4 is 39.8 Å². The Morgan fingerprint density at radius 1 is 1.42 bits per heavy atom. The van der Waals surface area contributed by atoms with E-state index in [0.29, 0.717) is 5.13 Å². The van der Waals surface area contributed by atoms with E-state index in [1.807, 2.05) is 44.2 Å². The second-order valence-electron chi connectivity index (χ2n) is 4.04. The molecule has 100 valence electrons. The van der Waals surface area contributed by atoms with Gasteiger partial charge >= 0.3 is 0 Å². The van der Waals surface area contributed by atoms with E-state index in [9.17, 15) is 4.79 Å². The third-order valence-corrected chi connectivity index (χ3v) is 4.86. The van der Waals surface area contributed by atoms with Crippen LogP contribution in [-0.4, -0.2) is 16.1 Å². The summed E-state index contributed by atoms with van der Waals surface area (Å²) >= 11 is 2.90. The van der Waals surface area contributed by atoms with Gasteiger partial charge in [0.1, 0.15) is 0 Å². The third kappa shape index (κ3) is 3.71. The van der Waals surface area contributed by atoms with Gasteiger partial charge in [0.15, 0.2) is 5.13 Å². The molecule has 2 aromatic rings. The van der Waals surface area contributed by atoms with Crippen molar-refractivity contribution in [1.29, 1.82) is 0 Å². The molecule has 4 nitrogen and oxygen atoms in total. The predicted octanol–water partition coefficient (Wildman–Crippen LogP) is 3.15. The zero-order valence-corrected chi connectivity index (χ0v) is 12.3. The number of nitrogens with one attached hydrogen (secondary N) is 1. The van der Waals surface area contributed by atoms with Crippen LogP contribution in [0.15, 0.2) is 34.5 Å². The number of nitrogen functional groups attached to an aromatic ring is 1. The Labute approximate surface area is 120 Å². The van der Waals surface area contributed by atoms with Gasteiger partial charge in [-0.1, -0.05) is 29.5 Å². The summed E-state index contributed by atoms with van der Waals surface area (Å²) in [6, 6.07) is 9.43. The predicted molar refractivity (Wildman–Crippen MR) is 81.7 cm³/mol. The molecular weight excluding hydrogens is 278 g/mol. The molecule has 3 N–H and O–H groups in total. The van der Waals surface area contributed by atoms with Crippen LogP contribution in [0, 0.1) is 6.92 Å². The lowest BCUT2D eigenvalue weighted by Gasteiger charge is -2.11. The molecule has 1 atom stereocenters. The molecule has 1 aromatic carbocycles. The van der Waals surface area contributed by atoms with Crippen LogP contribution in [0.3, 0.4) is 0 Å². The molecule has 1 aromatic heterocycles. The highest BCUT2D eigenvalue weighted by atomic mass is 32.2. The molecule has 0 saturated heterocycles. The van der Waals surface area contributed by atoms with E-state index in [1.54, 1.807) is 0 Å². The number of aryl methyl sites for hydroxylation is 1. The smallest absolute Gasteiger partial charge is 0.237 e. The summed E-state index contributed by atoms with van der Waals surface area (Å²) < 4.78 is 0.994. The molecule has 0 aliphatic carbocycles. The summed E-state index contributed by atoms with van der Waals surface area (Å²) in [7, 11) is 0. The van der Waals surface area contributed by atoms with Gasteiger partial charge in [-0.15, -0.1) is 11.8 Å². The molecule has 0 saturated carbocycles. The zero-order chi connectivity index (χ0) is 13.8. The maximum Gasteiger partial charge on any atom is 0.237 e. The second kappa shape index (κ2) is 6.08. The van der Waals surface area contributed by atoms with E-state index < -0.39 is 0 Å². The molecule has 19 heavy (non-hydrogen) atoms. The standard InChI is InChI=1S/C13H15N3OS2/c1-8-12(19-13(14)15-8)18-9(2)11(17)16-10-6-4-3-5-7-10/h3-7,9H,1-2H3,(H2,14,15)(H,16,17). The van der Waals surface area contributed by atoms with Crippen LogP contribution in [0.2, 0.25) is 0 Å². The highest BCUT2D eigenvalue weighted by Gasteiger charge is 2.17. The van der Waals surface area contributed by atoms with Gasteiger partial charge in [-0.05, 0) is 26.0 Å². The Hall–Kier alpha value is -1.53. The van der Waals surface area contributed by atoms with Gasteiger partial charge < -0.3 is 11.1 Å². The van der Waals surface area contributed by atoms with Crippen LogP contribution in [-0.2, 0) is 4.79 Å². The molecule has 1 unspecified atom stereocenters. The van der Waals surface area contributed by atoms with Crippen LogP contribution >= 0.6 is 23.1 Å². The average Bonchev–Trinajstić information content (AvgIpc) is 2.69. The first-order valence-electron chi connectivity index (χ1n) is 5.81. The number of benzene rings is 1. The number of hydrogen-bond acceptors (Lipinski definition) is 5. The molecule has 2 rings (SSSR count). The highest BCUT2D eigenvalue weighted by molar-refractivity contribution is 8.02. The molecule has 0 spiro atoms. The Morgan fingerprint density at radius 3 is 2.68 bits per heavy atom. The second-order valence-corrected chi connectivity index (χ2v) is 6.68. The summed E-state index contributed by atoms with van der Waals surface area (Å²) in [5, 5.41) is 3.22. The van der Waals surface area contributed by atoms with Gasteiger partial charge in [-0.2, -0.15) is 0 Å². The molecular formula is C13H15N3OS2. The maximum atomic E-state index is 12.1. The summed E-state index contributed by atoms with van der Waals surface area (Å²) in [6.45, 7) is 3.77. The van der Waals surface area contributed by atoms with E-state index in [2.05, 4.69) is 10.3 Å². The van der Waals surface area contributed by atoms with E-state index in [-0.39, 0.29) is 11.2 Å². The summed E-state index contributed by atoms with van der Waals surface area (Å²) in [6.07, 6.45) is 0. The first-order valence-corrected chi connectivity index (χ1v) is 7.51. The fraction of sp³-hybridized carbons (Fsp3) is 0.231. The minimum atomic E-state index is -0.196. The van der Waals surface area contributed by atoms with Crippen molar-refractivity contribution in [2.75, 3.05) is 11.1 Å². The van der Waals surface area contributed by atoms with Crippen LogP contribution in [0.5, 0.6) is 0 Å². The fourth-order valence-electron chi connectivity index (χ4n) is 1.49. The van der Waals surface area contributed by atoms with Crippen LogP contribution in [0.25, 0.3) is 0 Å². The Balaban J connectivity index is 1.98. The van der Waals surface area contributed by atoms with Gasteiger partial charge in [-0.3, -0.25) is 4.79 Å². The lowest BCUT2D eigenvalue weighted by atomic mass is 10.3. The van der Waals surface area contributed by atoms with Crippen molar-refractivity contribution in [2.45, 2.75) is 23.3 Å². The van der Waals surface area contributed by atoms with Gasteiger partial charge in [0, 0.05) is 5.69 Å². The van der Waals surface area contributed by atoms with Gasteiger partial charge in [-0.25, -0.2) is 4.98 Å². The van der Waals surface area contributed by atoms with Crippen molar-refractivity contribution < 1.29 is 4.79 Å². The minimum absolute atomic E-state index is 0.0254. The van der Waals surface area contributed by atoms with Gasteiger partial charge in [0.25, 0.3) is 0 Å². The summed E-state index contributed by atoms with van der Waals surface area (Å²) in [5.41, 5.74) is 7.34. The van der Waals surface area contributed by atoms with Crippen LogP contribution in [0.1, 0.15) is 12.6 Å². The molecule has 6 heteroatoms. The number of para-hydroxylation sites is 1. The fourth-order valence-corrected chi connectivity index (χ4v) is 3.64.